The fourth-order valence-electron chi connectivity index (χ4n) is 5.04. The first-order valence-corrected chi connectivity index (χ1v) is 10.6. The van der Waals surface area contributed by atoms with Gasteiger partial charge in [0.05, 0.1) is 11.8 Å². The molecule has 1 aromatic rings. The Morgan fingerprint density at radius 1 is 1.10 bits per heavy atom. The van der Waals surface area contributed by atoms with Crippen molar-refractivity contribution in [3.63, 3.8) is 0 Å². The van der Waals surface area contributed by atoms with Crippen LogP contribution in [0.25, 0.3) is 0 Å². The van der Waals surface area contributed by atoms with Crippen LogP contribution in [0.1, 0.15) is 24.0 Å². The number of aryl methyl sites for hydroxylation is 1. The van der Waals surface area contributed by atoms with Crippen molar-refractivity contribution in [1.82, 2.24) is 15.5 Å². The minimum absolute atomic E-state index is 0.0394. The Kier molecular flexibility index (Phi) is 5.69. The summed E-state index contributed by atoms with van der Waals surface area (Å²) in [4.78, 5) is 31.1. The maximum atomic E-state index is 12.7. The van der Waals surface area contributed by atoms with E-state index >= 15 is 0 Å². The summed E-state index contributed by atoms with van der Waals surface area (Å²) in [6.45, 7) is 4.05. The zero-order valence-corrected chi connectivity index (χ0v) is 17.2. The average Bonchev–Trinajstić information content (AvgIpc) is 3.39. The van der Waals surface area contributed by atoms with Gasteiger partial charge in [-0.25, -0.2) is 0 Å². The molecule has 3 aliphatic rings. The third-order valence-electron chi connectivity index (χ3n) is 6.42. The molecule has 2 fully saturated rings. The van der Waals surface area contributed by atoms with Crippen LogP contribution < -0.4 is 10.6 Å². The summed E-state index contributed by atoms with van der Waals surface area (Å²) < 4.78 is 0. The smallest absolute Gasteiger partial charge is 0.233 e. The molecule has 0 aromatic heterocycles. The zero-order chi connectivity index (χ0) is 20.4. The van der Waals surface area contributed by atoms with Crippen molar-refractivity contribution < 1.29 is 9.59 Å². The van der Waals surface area contributed by atoms with Crippen molar-refractivity contribution in [3.05, 3.63) is 47.5 Å². The van der Waals surface area contributed by atoms with Crippen molar-refractivity contribution in [1.29, 1.82) is 0 Å². The second-order valence-corrected chi connectivity index (χ2v) is 8.35. The van der Waals surface area contributed by atoms with Crippen LogP contribution in [0, 0.1) is 30.6 Å². The summed E-state index contributed by atoms with van der Waals surface area (Å²) in [6.07, 6.45) is 6.90. The summed E-state index contributed by atoms with van der Waals surface area (Å²) in [5.41, 5.74) is 2.57. The summed E-state index contributed by atoms with van der Waals surface area (Å²) in [5, 5.41) is 6.60. The number of imide groups is 1. The number of benzene rings is 1. The van der Waals surface area contributed by atoms with Gasteiger partial charge in [0.2, 0.25) is 11.8 Å². The maximum absolute atomic E-state index is 12.7. The van der Waals surface area contributed by atoms with E-state index in [2.05, 4.69) is 59.0 Å². The number of rotatable bonds is 7. The van der Waals surface area contributed by atoms with Crippen LogP contribution in [-0.4, -0.2) is 49.4 Å². The normalized spacial score (nSPS) is 27.7. The number of guanidine groups is 1. The highest BCUT2D eigenvalue weighted by molar-refractivity contribution is 6.06. The van der Waals surface area contributed by atoms with E-state index in [0.29, 0.717) is 13.1 Å². The van der Waals surface area contributed by atoms with Gasteiger partial charge < -0.3 is 10.6 Å². The van der Waals surface area contributed by atoms with Crippen LogP contribution in [0.15, 0.2) is 41.4 Å². The van der Waals surface area contributed by atoms with E-state index in [-0.39, 0.29) is 35.5 Å². The summed E-state index contributed by atoms with van der Waals surface area (Å²) in [7, 11) is 1.75. The summed E-state index contributed by atoms with van der Waals surface area (Å²) in [5.74, 6) is 1.19. The molecule has 4 rings (SSSR count). The lowest BCUT2D eigenvalue weighted by Crippen LogP contribution is -2.40. The molecule has 2 amide bonds. The SMILES string of the molecule is CN=C(NCCCN1C(=O)C2C3C=CC(C3)C2C1=O)NCCc1cccc(C)c1. The quantitative estimate of drug-likeness (QED) is 0.244. The molecule has 1 aromatic carbocycles. The van der Waals surface area contributed by atoms with Crippen molar-refractivity contribution in [2.45, 2.75) is 26.2 Å². The summed E-state index contributed by atoms with van der Waals surface area (Å²) >= 11 is 0. The lowest BCUT2D eigenvalue weighted by molar-refractivity contribution is -0.140. The number of aliphatic imine (C=N–C) groups is 1. The number of hydrogen-bond donors (Lipinski definition) is 2. The topological polar surface area (TPSA) is 73.8 Å². The molecule has 6 heteroatoms. The van der Waals surface area contributed by atoms with E-state index in [1.807, 2.05) is 0 Å². The van der Waals surface area contributed by atoms with Crippen molar-refractivity contribution in [2.75, 3.05) is 26.7 Å². The first kappa shape index (κ1) is 19.7. The van der Waals surface area contributed by atoms with Gasteiger partial charge >= 0.3 is 0 Å². The summed E-state index contributed by atoms with van der Waals surface area (Å²) in [6, 6.07) is 8.50. The van der Waals surface area contributed by atoms with Gasteiger partial charge in [-0.05, 0) is 43.6 Å². The van der Waals surface area contributed by atoms with E-state index in [9.17, 15) is 9.59 Å². The number of allylic oxidation sites excluding steroid dienone is 2. The Hall–Kier alpha value is -2.63. The maximum Gasteiger partial charge on any atom is 0.233 e. The Labute approximate surface area is 172 Å². The molecule has 2 bridgehead atoms. The Morgan fingerprint density at radius 2 is 1.79 bits per heavy atom. The van der Waals surface area contributed by atoms with Crippen molar-refractivity contribution in [2.24, 2.45) is 28.7 Å². The molecular weight excluding hydrogens is 364 g/mol. The van der Waals surface area contributed by atoms with E-state index in [1.54, 1.807) is 7.05 Å². The van der Waals surface area contributed by atoms with Crippen LogP contribution >= 0.6 is 0 Å². The minimum Gasteiger partial charge on any atom is -0.356 e. The van der Waals surface area contributed by atoms with Crippen molar-refractivity contribution >= 4 is 17.8 Å². The van der Waals surface area contributed by atoms with Gasteiger partial charge in [0.1, 0.15) is 0 Å². The van der Waals surface area contributed by atoms with Crippen LogP contribution in [0.4, 0.5) is 0 Å². The van der Waals surface area contributed by atoms with Crippen LogP contribution in [-0.2, 0) is 16.0 Å². The molecule has 0 spiro atoms. The largest absolute Gasteiger partial charge is 0.356 e. The first-order chi connectivity index (χ1) is 14.1. The van der Waals surface area contributed by atoms with Crippen molar-refractivity contribution in [3.8, 4) is 0 Å². The van der Waals surface area contributed by atoms with Gasteiger partial charge in [-0.2, -0.15) is 0 Å². The molecule has 1 saturated carbocycles. The number of fused-ring (bicyclic) bond motifs is 5. The third kappa shape index (κ3) is 3.93. The Morgan fingerprint density at radius 3 is 2.45 bits per heavy atom. The van der Waals surface area contributed by atoms with Gasteiger partial charge in [0, 0.05) is 26.7 Å². The van der Waals surface area contributed by atoms with Crippen LogP contribution in [0.5, 0.6) is 0 Å². The van der Waals surface area contributed by atoms with E-state index in [0.717, 1.165) is 31.8 Å². The molecule has 4 unspecified atom stereocenters. The van der Waals surface area contributed by atoms with Crippen LogP contribution in [0.3, 0.4) is 0 Å². The highest BCUT2D eigenvalue weighted by Crippen LogP contribution is 2.52. The molecule has 154 valence electrons. The molecular formula is C23H30N4O2. The molecule has 1 saturated heterocycles. The second-order valence-electron chi connectivity index (χ2n) is 8.35. The zero-order valence-electron chi connectivity index (χ0n) is 17.2. The number of amides is 2. The van der Waals surface area contributed by atoms with E-state index in [1.165, 1.54) is 16.0 Å². The molecule has 2 aliphatic carbocycles. The molecule has 2 N–H and O–H groups in total. The highest BCUT2D eigenvalue weighted by Gasteiger charge is 2.58. The minimum atomic E-state index is -0.0958. The Balaban J connectivity index is 1.18. The van der Waals surface area contributed by atoms with Gasteiger partial charge in [-0.15, -0.1) is 0 Å². The first-order valence-electron chi connectivity index (χ1n) is 10.6. The second kappa shape index (κ2) is 8.39. The standard InChI is InChI=1S/C23H30N4O2/c1-15-5-3-6-16(13-15)9-11-26-23(24-2)25-10-4-12-27-21(28)19-17-7-8-18(14-17)20(19)22(27)29/h3,5-8,13,17-20H,4,9-12,14H2,1-2H3,(H2,24,25,26). The number of hydrogen-bond acceptors (Lipinski definition) is 3. The predicted molar refractivity (Wildman–Crippen MR) is 113 cm³/mol. The Bertz CT molecular complexity index is 817. The molecule has 1 aliphatic heterocycles. The number of nitrogens with zero attached hydrogens (tertiary/aromatic N) is 2. The molecule has 6 nitrogen and oxygen atoms in total. The fourth-order valence-corrected chi connectivity index (χ4v) is 5.04. The fraction of sp³-hybridized carbons (Fsp3) is 0.522. The average molecular weight is 395 g/mol. The van der Waals surface area contributed by atoms with Crippen LogP contribution in [0.2, 0.25) is 0 Å². The number of carbonyl (C=O) groups excluding carboxylic acids is 2. The predicted octanol–water partition coefficient (Wildman–Crippen LogP) is 1.90. The van der Waals surface area contributed by atoms with Gasteiger partial charge in [0.25, 0.3) is 0 Å². The lowest BCUT2D eigenvalue weighted by Gasteiger charge is -2.18. The number of carbonyl (C=O) groups is 2. The molecule has 1 heterocycles. The lowest BCUT2D eigenvalue weighted by atomic mass is 9.85. The third-order valence-corrected chi connectivity index (χ3v) is 6.42. The molecule has 29 heavy (non-hydrogen) atoms. The number of nitrogens with one attached hydrogen (secondary N) is 2. The van der Waals surface area contributed by atoms with Gasteiger partial charge in [0.15, 0.2) is 5.96 Å². The number of likely N-dealkylation sites (tertiary alicyclic amines) is 1. The molecule has 0 radical (unpaired) electrons. The van der Waals surface area contributed by atoms with E-state index in [4.69, 9.17) is 0 Å². The van der Waals surface area contributed by atoms with E-state index < -0.39 is 0 Å². The van der Waals surface area contributed by atoms with Gasteiger partial charge in [-0.3, -0.25) is 19.5 Å². The van der Waals surface area contributed by atoms with Gasteiger partial charge in [-0.1, -0.05) is 42.0 Å². The monoisotopic (exact) mass is 394 g/mol. The molecule has 4 atom stereocenters. The highest BCUT2D eigenvalue weighted by atomic mass is 16.2.